The average Bonchev–Trinajstić information content (AvgIpc) is 3.14. The molecular formula is C12H14N4O2. The Kier molecular flexibility index (Phi) is 2.92. The van der Waals surface area contributed by atoms with Gasteiger partial charge in [0.2, 0.25) is 11.7 Å². The second kappa shape index (κ2) is 4.72. The van der Waals surface area contributed by atoms with Crippen molar-refractivity contribution in [1.29, 1.82) is 0 Å². The molecule has 0 bridgehead atoms. The Morgan fingerprint density at radius 3 is 3.06 bits per heavy atom. The van der Waals surface area contributed by atoms with Crippen molar-refractivity contribution in [3.05, 3.63) is 18.2 Å². The Labute approximate surface area is 104 Å². The number of nitrogens with zero attached hydrogens (tertiary/aromatic N) is 4. The lowest BCUT2D eigenvalue weighted by atomic mass is 10.4. The van der Waals surface area contributed by atoms with E-state index in [-0.39, 0.29) is 0 Å². The van der Waals surface area contributed by atoms with Crippen LogP contribution in [0.25, 0.3) is 11.5 Å². The van der Waals surface area contributed by atoms with E-state index in [9.17, 15) is 0 Å². The first-order valence-electron chi connectivity index (χ1n) is 6.16. The third kappa shape index (κ3) is 2.32. The van der Waals surface area contributed by atoms with Crippen molar-refractivity contribution in [3.8, 4) is 17.5 Å². The summed E-state index contributed by atoms with van der Waals surface area (Å²) in [6, 6.07) is 2.10. The lowest BCUT2D eigenvalue weighted by molar-refractivity contribution is 0.292. The van der Waals surface area contributed by atoms with E-state index in [4.69, 9.17) is 9.26 Å². The molecule has 1 fully saturated rings. The fourth-order valence-electron chi connectivity index (χ4n) is 1.56. The first-order valence-corrected chi connectivity index (χ1v) is 6.16. The Hall–Kier alpha value is -1.98. The first kappa shape index (κ1) is 11.1. The molecule has 0 atom stereocenters. The number of aromatic nitrogens is 4. The summed E-state index contributed by atoms with van der Waals surface area (Å²) in [6.45, 7) is 2.63. The van der Waals surface area contributed by atoms with E-state index < -0.39 is 0 Å². The highest BCUT2D eigenvalue weighted by Crippen LogP contribution is 2.39. The molecule has 3 rings (SSSR count). The van der Waals surface area contributed by atoms with Crippen LogP contribution in [0.2, 0.25) is 0 Å². The fraction of sp³-hybridized carbons (Fsp3) is 0.500. The van der Waals surface area contributed by atoms with E-state index in [1.54, 1.807) is 12.3 Å². The summed E-state index contributed by atoms with van der Waals surface area (Å²) in [6.07, 6.45) is 4.83. The van der Waals surface area contributed by atoms with Gasteiger partial charge in [0, 0.05) is 12.1 Å². The molecule has 2 aromatic rings. The van der Waals surface area contributed by atoms with Gasteiger partial charge >= 0.3 is 6.01 Å². The maximum absolute atomic E-state index is 5.38. The normalized spacial score (nSPS) is 14.7. The monoisotopic (exact) mass is 246 g/mol. The van der Waals surface area contributed by atoms with Crippen LogP contribution in [0, 0.1) is 0 Å². The summed E-state index contributed by atoms with van der Waals surface area (Å²) in [5.74, 6) is 1.66. The summed E-state index contributed by atoms with van der Waals surface area (Å²) >= 11 is 0. The molecule has 0 N–H and O–H groups in total. The zero-order valence-corrected chi connectivity index (χ0v) is 10.2. The number of rotatable bonds is 5. The van der Waals surface area contributed by atoms with Gasteiger partial charge in [0.25, 0.3) is 0 Å². The molecule has 0 radical (unpaired) electrons. The number of ether oxygens (including phenoxy) is 1. The van der Waals surface area contributed by atoms with Gasteiger partial charge in [0.05, 0.1) is 6.61 Å². The van der Waals surface area contributed by atoms with E-state index >= 15 is 0 Å². The Morgan fingerprint density at radius 1 is 1.39 bits per heavy atom. The van der Waals surface area contributed by atoms with Crippen LogP contribution in [0.5, 0.6) is 6.01 Å². The molecule has 0 aromatic carbocycles. The molecule has 2 heterocycles. The summed E-state index contributed by atoms with van der Waals surface area (Å²) in [7, 11) is 0. The van der Waals surface area contributed by atoms with Crippen molar-refractivity contribution < 1.29 is 9.26 Å². The fourth-order valence-corrected chi connectivity index (χ4v) is 1.56. The minimum absolute atomic E-state index is 0.354. The van der Waals surface area contributed by atoms with Crippen LogP contribution in [0.1, 0.15) is 38.0 Å². The van der Waals surface area contributed by atoms with Crippen molar-refractivity contribution in [2.45, 2.75) is 32.1 Å². The Bertz CT molecular complexity index is 536. The number of hydrogen-bond acceptors (Lipinski definition) is 6. The van der Waals surface area contributed by atoms with Gasteiger partial charge in [-0.2, -0.15) is 9.97 Å². The summed E-state index contributed by atoms with van der Waals surface area (Å²) in [4.78, 5) is 12.6. The zero-order chi connectivity index (χ0) is 12.4. The van der Waals surface area contributed by atoms with Crippen LogP contribution in [-0.2, 0) is 0 Å². The van der Waals surface area contributed by atoms with Gasteiger partial charge in [0.1, 0.15) is 5.69 Å². The molecule has 1 saturated carbocycles. The van der Waals surface area contributed by atoms with Gasteiger partial charge in [-0.05, 0) is 25.3 Å². The second-order valence-corrected chi connectivity index (χ2v) is 4.30. The predicted molar refractivity (Wildman–Crippen MR) is 63.1 cm³/mol. The quantitative estimate of drug-likeness (QED) is 0.805. The SMILES string of the molecule is CCCOc1nccc(-c2noc(C3CC3)n2)n1. The molecule has 0 aliphatic heterocycles. The van der Waals surface area contributed by atoms with Crippen molar-refractivity contribution in [2.75, 3.05) is 6.61 Å². The minimum atomic E-state index is 0.354. The number of hydrogen-bond donors (Lipinski definition) is 0. The molecule has 94 valence electrons. The molecule has 0 amide bonds. The van der Waals surface area contributed by atoms with Gasteiger partial charge in [-0.3, -0.25) is 0 Å². The predicted octanol–water partition coefficient (Wildman–Crippen LogP) is 2.19. The van der Waals surface area contributed by atoms with Crippen LogP contribution in [0.15, 0.2) is 16.8 Å². The van der Waals surface area contributed by atoms with Crippen LogP contribution in [-0.4, -0.2) is 26.7 Å². The van der Waals surface area contributed by atoms with Crippen molar-refractivity contribution in [2.24, 2.45) is 0 Å². The van der Waals surface area contributed by atoms with Crippen molar-refractivity contribution >= 4 is 0 Å². The molecule has 1 aliphatic carbocycles. The van der Waals surface area contributed by atoms with E-state index in [0.717, 1.165) is 19.3 Å². The lowest BCUT2D eigenvalue weighted by Gasteiger charge is -2.01. The molecule has 6 nitrogen and oxygen atoms in total. The molecule has 2 aromatic heterocycles. The molecule has 0 saturated heterocycles. The zero-order valence-electron chi connectivity index (χ0n) is 10.2. The summed E-state index contributed by atoms with van der Waals surface area (Å²) in [5.41, 5.74) is 0.631. The van der Waals surface area contributed by atoms with E-state index in [0.29, 0.717) is 35.9 Å². The molecular weight excluding hydrogens is 232 g/mol. The van der Waals surface area contributed by atoms with Crippen molar-refractivity contribution in [3.63, 3.8) is 0 Å². The third-order valence-electron chi connectivity index (χ3n) is 2.67. The molecule has 6 heteroatoms. The Morgan fingerprint density at radius 2 is 2.28 bits per heavy atom. The second-order valence-electron chi connectivity index (χ2n) is 4.30. The third-order valence-corrected chi connectivity index (χ3v) is 2.67. The van der Waals surface area contributed by atoms with Crippen LogP contribution in [0.3, 0.4) is 0 Å². The van der Waals surface area contributed by atoms with Crippen LogP contribution in [0.4, 0.5) is 0 Å². The molecule has 1 aliphatic rings. The standard InChI is InChI=1S/C12H14N4O2/c1-2-7-17-12-13-6-5-9(14-12)10-15-11(18-16-10)8-3-4-8/h5-6,8H,2-4,7H2,1H3. The molecule has 0 unspecified atom stereocenters. The molecule has 0 spiro atoms. The van der Waals surface area contributed by atoms with Gasteiger partial charge in [-0.1, -0.05) is 12.1 Å². The van der Waals surface area contributed by atoms with Gasteiger partial charge < -0.3 is 9.26 Å². The molecule has 18 heavy (non-hydrogen) atoms. The van der Waals surface area contributed by atoms with Gasteiger partial charge in [0.15, 0.2) is 0 Å². The summed E-state index contributed by atoms with van der Waals surface area (Å²) in [5, 5.41) is 3.94. The maximum Gasteiger partial charge on any atom is 0.317 e. The highest BCUT2D eigenvalue weighted by Gasteiger charge is 2.30. The van der Waals surface area contributed by atoms with Crippen LogP contribution < -0.4 is 4.74 Å². The van der Waals surface area contributed by atoms with Gasteiger partial charge in [-0.15, -0.1) is 0 Å². The smallest absolute Gasteiger partial charge is 0.317 e. The van der Waals surface area contributed by atoms with Crippen LogP contribution >= 0.6 is 0 Å². The highest BCUT2D eigenvalue weighted by atomic mass is 16.5. The van der Waals surface area contributed by atoms with E-state index in [1.807, 2.05) is 6.92 Å². The van der Waals surface area contributed by atoms with E-state index in [1.165, 1.54) is 0 Å². The average molecular weight is 246 g/mol. The maximum atomic E-state index is 5.38. The summed E-state index contributed by atoms with van der Waals surface area (Å²) < 4.78 is 10.6. The first-order chi connectivity index (χ1) is 8.86. The Balaban J connectivity index is 1.81. The highest BCUT2D eigenvalue weighted by molar-refractivity contribution is 5.47. The lowest BCUT2D eigenvalue weighted by Crippen LogP contribution is -2.00. The topological polar surface area (TPSA) is 73.9 Å². The van der Waals surface area contributed by atoms with Crippen molar-refractivity contribution in [1.82, 2.24) is 20.1 Å². The largest absolute Gasteiger partial charge is 0.463 e. The van der Waals surface area contributed by atoms with E-state index in [2.05, 4.69) is 20.1 Å². The minimum Gasteiger partial charge on any atom is -0.463 e. The van der Waals surface area contributed by atoms with Gasteiger partial charge in [-0.25, -0.2) is 4.98 Å².